The first-order valence-electron chi connectivity index (χ1n) is 11.2. The molecule has 164 valence electrons. The second kappa shape index (κ2) is 11.5. The molecule has 2 heterocycles. The first kappa shape index (κ1) is 22.8. The number of nitrogens with zero attached hydrogens (tertiary/aromatic N) is 1. The van der Waals surface area contributed by atoms with Gasteiger partial charge in [0.2, 0.25) is 0 Å². The van der Waals surface area contributed by atoms with Crippen LogP contribution in [0.15, 0.2) is 24.3 Å². The van der Waals surface area contributed by atoms with Crippen LogP contribution in [-0.2, 0) is 11.3 Å². The van der Waals surface area contributed by atoms with Crippen molar-refractivity contribution >= 4 is 12.4 Å². The molecule has 0 bridgehead atoms. The van der Waals surface area contributed by atoms with Crippen LogP contribution in [0.25, 0.3) is 0 Å². The predicted octanol–water partition coefficient (Wildman–Crippen LogP) is 3.08. The molecule has 1 saturated carbocycles. The standard InChI is InChI=1S/C23H37N3O2.ClH/c1-27-20-7-5-19(6-8-20)16-26-12-9-18(10-13-26)15-25-22-4-2-3-21(22)23-17-28-14-11-24-23;/h5-8,18,21-25H,2-4,9-17H2,1H3;1H. The van der Waals surface area contributed by atoms with Gasteiger partial charge in [-0.3, -0.25) is 4.90 Å². The molecular weight excluding hydrogens is 386 g/mol. The first-order valence-corrected chi connectivity index (χ1v) is 11.2. The Balaban J connectivity index is 0.00000240. The van der Waals surface area contributed by atoms with Crippen molar-refractivity contribution in [3.8, 4) is 5.75 Å². The van der Waals surface area contributed by atoms with Gasteiger partial charge in [0.1, 0.15) is 5.75 Å². The van der Waals surface area contributed by atoms with Crippen LogP contribution < -0.4 is 15.4 Å². The van der Waals surface area contributed by atoms with Gasteiger partial charge in [0.15, 0.2) is 0 Å². The van der Waals surface area contributed by atoms with Gasteiger partial charge in [-0.1, -0.05) is 18.6 Å². The second-order valence-corrected chi connectivity index (χ2v) is 8.81. The lowest BCUT2D eigenvalue weighted by molar-refractivity contribution is 0.0519. The van der Waals surface area contributed by atoms with Crippen molar-refractivity contribution in [1.29, 1.82) is 0 Å². The first-order chi connectivity index (χ1) is 13.8. The summed E-state index contributed by atoms with van der Waals surface area (Å²) >= 11 is 0. The van der Waals surface area contributed by atoms with Crippen molar-refractivity contribution in [3.05, 3.63) is 29.8 Å². The topological polar surface area (TPSA) is 45.8 Å². The van der Waals surface area contributed by atoms with E-state index in [1.54, 1.807) is 7.11 Å². The highest BCUT2D eigenvalue weighted by molar-refractivity contribution is 5.85. The van der Waals surface area contributed by atoms with Gasteiger partial charge in [0, 0.05) is 25.2 Å². The highest BCUT2D eigenvalue weighted by atomic mass is 35.5. The zero-order valence-corrected chi connectivity index (χ0v) is 18.6. The van der Waals surface area contributed by atoms with Gasteiger partial charge in [-0.25, -0.2) is 0 Å². The second-order valence-electron chi connectivity index (χ2n) is 8.81. The Morgan fingerprint density at radius 2 is 1.93 bits per heavy atom. The maximum absolute atomic E-state index is 5.71. The third-order valence-corrected chi connectivity index (χ3v) is 6.98. The molecule has 29 heavy (non-hydrogen) atoms. The zero-order chi connectivity index (χ0) is 19.2. The van der Waals surface area contributed by atoms with E-state index in [0.29, 0.717) is 12.1 Å². The predicted molar refractivity (Wildman–Crippen MR) is 120 cm³/mol. The van der Waals surface area contributed by atoms with Crippen LogP contribution in [0, 0.1) is 11.8 Å². The summed E-state index contributed by atoms with van der Waals surface area (Å²) in [6.45, 7) is 7.45. The molecule has 6 heteroatoms. The fraction of sp³-hybridized carbons (Fsp3) is 0.739. The number of piperidine rings is 1. The van der Waals surface area contributed by atoms with Crippen LogP contribution in [0.2, 0.25) is 0 Å². The number of morpholine rings is 1. The van der Waals surface area contributed by atoms with Gasteiger partial charge in [-0.2, -0.15) is 0 Å². The Kier molecular flexibility index (Phi) is 9.07. The average Bonchev–Trinajstić information content (AvgIpc) is 3.23. The maximum Gasteiger partial charge on any atom is 0.118 e. The van der Waals surface area contributed by atoms with Crippen LogP contribution >= 0.6 is 12.4 Å². The van der Waals surface area contributed by atoms with Crippen molar-refractivity contribution < 1.29 is 9.47 Å². The summed E-state index contributed by atoms with van der Waals surface area (Å²) in [4.78, 5) is 2.60. The largest absolute Gasteiger partial charge is 0.497 e. The van der Waals surface area contributed by atoms with Gasteiger partial charge in [-0.05, 0) is 74.8 Å². The highest BCUT2D eigenvalue weighted by Gasteiger charge is 2.34. The number of benzene rings is 1. The summed E-state index contributed by atoms with van der Waals surface area (Å²) in [5.74, 6) is 2.51. The third-order valence-electron chi connectivity index (χ3n) is 6.98. The number of hydrogen-bond donors (Lipinski definition) is 2. The molecule has 0 amide bonds. The minimum atomic E-state index is 0. The van der Waals surface area contributed by atoms with Crippen molar-refractivity contribution in [1.82, 2.24) is 15.5 Å². The Hall–Kier alpha value is -0.850. The molecule has 2 saturated heterocycles. The van der Waals surface area contributed by atoms with E-state index in [0.717, 1.165) is 43.9 Å². The zero-order valence-electron chi connectivity index (χ0n) is 17.8. The molecule has 5 nitrogen and oxygen atoms in total. The number of ether oxygens (including phenoxy) is 2. The van der Waals surface area contributed by atoms with Gasteiger partial charge in [-0.15, -0.1) is 12.4 Å². The number of hydrogen-bond acceptors (Lipinski definition) is 5. The summed E-state index contributed by atoms with van der Waals surface area (Å²) in [6.07, 6.45) is 6.66. The lowest BCUT2D eigenvalue weighted by Gasteiger charge is -2.35. The molecule has 1 aliphatic carbocycles. The van der Waals surface area contributed by atoms with E-state index in [-0.39, 0.29) is 12.4 Å². The Morgan fingerprint density at radius 1 is 1.14 bits per heavy atom. The van der Waals surface area contributed by atoms with Crippen LogP contribution in [0.4, 0.5) is 0 Å². The Bertz CT molecular complexity index is 586. The maximum atomic E-state index is 5.71. The molecule has 2 N–H and O–H groups in total. The summed E-state index contributed by atoms with van der Waals surface area (Å²) in [6, 6.07) is 9.74. The monoisotopic (exact) mass is 423 g/mol. The molecule has 3 fully saturated rings. The SMILES string of the molecule is COc1ccc(CN2CCC(CNC3CCCC3C3COCCN3)CC2)cc1.Cl. The van der Waals surface area contributed by atoms with Crippen molar-refractivity contribution in [2.75, 3.05) is 46.5 Å². The minimum absolute atomic E-state index is 0. The normalized spacial score (nSPS) is 28.8. The number of likely N-dealkylation sites (tertiary alicyclic amines) is 1. The molecular formula is C23H38ClN3O2. The summed E-state index contributed by atoms with van der Waals surface area (Å²) in [5.41, 5.74) is 1.38. The van der Waals surface area contributed by atoms with E-state index in [2.05, 4.69) is 39.8 Å². The van der Waals surface area contributed by atoms with Gasteiger partial charge >= 0.3 is 0 Å². The number of nitrogens with one attached hydrogen (secondary N) is 2. The molecule has 0 radical (unpaired) electrons. The number of methoxy groups -OCH3 is 1. The number of halogens is 1. The number of rotatable bonds is 7. The van der Waals surface area contributed by atoms with Crippen molar-refractivity contribution in [3.63, 3.8) is 0 Å². The van der Waals surface area contributed by atoms with Gasteiger partial charge in [0.05, 0.1) is 20.3 Å². The van der Waals surface area contributed by atoms with Crippen LogP contribution in [-0.4, -0.2) is 63.5 Å². The fourth-order valence-corrected chi connectivity index (χ4v) is 5.24. The summed E-state index contributed by atoms with van der Waals surface area (Å²) in [5, 5.41) is 7.63. The van der Waals surface area contributed by atoms with E-state index in [4.69, 9.17) is 9.47 Å². The quantitative estimate of drug-likeness (QED) is 0.705. The molecule has 0 spiro atoms. The Morgan fingerprint density at radius 3 is 2.62 bits per heavy atom. The molecule has 3 aliphatic rings. The van der Waals surface area contributed by atoms with Crippen LogP contribution in [0.1, 0.15) is 37.7 Å². The third kappa shape index (κ3) is 6.31. The van der Waals surface area contributed by atoms with Crippen LogP contribution in [0.3, 0.4) is 0 Å². The lowest BCUT2D eigenvalue weighted by atomic mass is 9.92. The summed E-state index contributed by atoms with van der Waals surface area (Å²) < 4.78 is 11.0. The van der Waals surface area contributed by atoms with E-state index in [1.165, 1.54) is 57.3 Å². The molecule has 1 aromatic carbocycles. The van der Waals surface area contributed by atoms with Crippen LogP contribution in [0.5, 0.6) is 5.75 Å². The van der Waals surface area contributed by atoms with E-state index in [9.17, 15) is 0 Å². The van der Waals surface area contributed by atoms with Gasteiger partial charge < -0.3 is 20.1 Å². The molecule has 4 rings (SSSR count). The smallest absolute Gasteiger partial charge is 0.118 e. The van der Waals surface area contributed by atoms with E-state index < -0.39 is 0 Å². The molecule has 3 unspecified atom stereocenters. The Labute approximate surface area is 182 Å². The molecule has 2 aliphatic heterocycles. The minimum Gasteiger partial charge on any atom is -0.497 e. The molecule has 0 aromatic heterocycles. The molecule has 3 atom stereocenters. The lowest BCUT2D eigenvalue weighted by Crippen LogP contribution is -2.51. The van der Waals surface area contributed by atoms with E-state index >= 15 is 0 Å². The van der Waals surface area contributed by atoms with Crippen molar-refractivity contribution in [2.45, 2.75) is 50.7 Å². The fourth-order valence-electron chi connectivity index (χ4n) is 5.24. The molecule has 1 aromatic rings. The van der Waals surface area contributed by atoms with E-state index in [1.807, 2.05) is 0 Å². The summed E-state index contributed by atoms with van der Waals surface area (Å²) in [7, 11) is 1.72. The average molecular weight is 424 g/mol. The van der Waals surface area contributed by atoms with Gasteiger partial charge in [0.25, 0.3) is 0 Å². The van der Waals surface area contributed by atoms with Crippen molar-refractivity contribution in [2.24, 2.45) is 11.8 Å². The highest BCUT2D eigenvalue weighted by Crippen LogP contribution is 2.30.